The fraction of sp³-hybridized carbons (Fsp3) is 0.375. The maximum Gasteiger partial charge on any atom is 0.244 e. The van der Waals surface area contributed by atoms with Crippen LogP contribution in [-0.2, 0) is 10.0 Å². The third-order valence-electron chi connectivity index (χ3n) is 2.71. The Labute approximate surface area is 129 Å². The molecule has 0 atom stereocenters. The quantitative estimate of drug-likeness (QED) is 0.475. The third kappa shape index (κ3) is 5.50. The lowest BCUT2D eigenvalue weighted by molar-refractivity contribution is 0.478. The molecular formula is C16H23NO2SSi. The van der Waals surface area contributed by atoms with Gasteiger partial charge in [-0.05, 0) is 19.1 Å². The lowest BCUT2D eigenvalue weighted by atomic mass is 10.2. The highest BCUT2D eigenvalue weighted by atomic mass is 32.2. The normalized spacial score (nSPS) is 11.9. The van der Waals surface area contributed by atoms with E-state index >= 15 is 0 Å². The Bertz CT molecular complexity index is 646. The van der Waals surface area contributed by atoms with Crippen molar-refractivity contribution in [2.45, 2.75) is 31.5 Å². The molecule has 21 heavy (non-hydrogen) atoms. The highest BCUT2D eigenvalue weighted by molar-refractivity contribution is 7.89. The first-order valence-electron chi connectivity index (χ1n) is 6.84. The van der Waals surface area contributed by atoms with Crippen LogP contribution in [0.5, 0.6) is 0 Å². The molecule has 0 saturated carbocycles. The maximum atomic E-state index is 12.6. The molecule has 0 bridgehead atoms. The van der Waals surface area contributed by atoms with Crippen LogP contribution >= 0.6 is 0 Å². The molecule has 0 N–H and O–H groups in total. The van der Waals surface area contributed by atoms with Gasteiger partial charge in [-0.3, -0.25) is 0 Å². The predicted molar refractivity (Wildman–Crippen MR) is 91.3 cm³/mol. The van der Waals surface area contributed by atoms with Crippen LogP contribution < -0.4 is 0 Å². The topological polar surface area (TPSA) is 37.4 Å². The molecule has 3 nitrogen and oxygen atoms in total. The summed E-state index contributed by atoms with van der Waals surface area (Å²) >= 11 is 0. The Balaban J connectivity index is 3.05. The van der Waals surface area contributed by atoms with Gasteiger partial charge in [0.2, 0.25) is 10.0 Å². The molecule has 1 aromatic rings. The number of aryl methyl sites for hydroxylation is 1. The summed E-state index contributed by atoms with van der Waals surface area (Å²) in [4.78, 5) is 0.296. The number of rotatable bonds is 5. The maximum absolute atomic E-state index is 12.6. The Morgan fingerprint density at radius 1 is 1.24 bits per heavy atom. The van der Waals surface area contributed by atoms with Crippen molar-refractivity contribution in [3.63, 3.8) is 0 Å². The Hall–Kier alpha value is -1.35. The van der Waals surface area contributed by atoms with Crippen LogP contribution in [0, 0.1) is 18.4 Å². The largest absolute Gasteiger partial charge is 0.244 e. The molecule has 1 rings (SSSR count). The molecule has 0 aromatic heterocycles. The Morgan fingerprint density at radius 3 is 2.29 bits per heavy atom. The number of hydrogen-bond donors (Lipinski definition) is 0. The first-order chi connectivity index (χ1) is 9.66. The van der Waals surface area contributed by atoms with Crippen molar-refractivity contribution in [1.29, 1.82) is 0 Å². The molecule has 0 aliphatic carbocycles. The van der Waals surface area contributed by atoms with Gasteiger partial charge >= 0.3 is 0 Å². The molecule has 114 valence electrons. The number of nitrogens with zero attached hydrogens (tertiary/aromatic N) is 1. The molecule has 0 spiro atoms. The molecule has 0 amide bonds. The van der Waals surface area contributed by atoms with E-state index in [2.05, 4.69) is 37.7 Å². The highest BCUT2D eigenvalue weighted by Gasteiger charge is 2.22. The van der Waals surface area contributed by atoms with Gasteiger partial charge in [-0.15, -0.1) is 12.1 Å². The molecule has 0 radical (unpaired) electrons. The average molecular weight is 322 g/mol. The fourth-order valence-corrected chi connectivity index (χ4v) is 3.57. The van der Waals surface area contributed by atoms with Crippen molar-refractivity contribution < 1.29 is 8.42 Å². The van der Waals surface area contributed by atoms with Gasteiger partial charge in [0.15, 0.2) is 0 Å². The van der Waals surface area contributed by atoms with Gasteiger partial charge in [0, 0.05) is 6.54 Å². The highest BCUT2D eigenvalue weighted by Crippen LogP contribution is 2.16. The average Bonchev–Trinajstić information content (AvgIpc) is 2.37. The van der Waals surface area contributed by atoms with Crippen LogP contribution in [0.25, 0.3) is 0 Å². The van der Waals surface area contributed by atoms with E-state index in [9.17, 15) is 8.42 Å². The molecule has 5 heteroatoms. The number of hydrogen-bond acceptors (Lipinski definition) is 2. The van der Waals surface area contributed by atoms with E-state index in [0.29, 0.717) is 4.90 Å². The Kier molecular flexibility index (Phi) is 5.96. The molecule has 0 heterocycles. The first kappa shape index (κ1) is 17.7. The van der Waals surface area contributed by atoms with Crippen LogP contribution in [0.2, 0.25) is 19.6 Å². The van der Waals surface area contributed by atoms with E-state index < -0.39 is 18.1 Å². The zero-order valence-corrected chi connectivity index (χ0v) is 15.0. The number of sulfonamides is 1. The minimum absolute atomic E-state index is 0.201. The summed E-state index contributed by atoms with van der Waals surface area (Å²) in [6.45, 7) is 12.4. The van der Waals surface area contributed by atoms with Crippen molar-refractivity contribution in [2.24, 2.45) is 0 Å². The fourth-order valence-electron chi connectivity index (χ4n) is 1.64. The van der Waals surface area contributed by atoms with E-state index in [1.165, 1.54) is 4.31 Å². The Morgan fingerprint density at radius 2 is 1.81 bits per heavy atom. The molecule has 0 aliphatic rings. The summed E-state index contributed by atoms with van der Waals surface area (Å²) in [6.07, 6.45) is 1.59. The van der Waals surface area contributed by atoms with Crippen molar-refractivity contribution in [1.82, 2.24) is 4.31 Å². The van der Waals surface area contributed by atoms with Crippen molar-refractivity contribution in [3.05, 3.63) is 42.5 Å². The molecule has 0 fully saturated rings. The summed E-state index contributed by atoms with van der Waals surface area (Å²) in [5.41, 5.74) is 4.22. The summed E-state index contributed by atoms with van der Waals surface area (Å²) in [5.74, 6) is 3.01. The van der Waals surface area contributed by atoms with Crippen LogP contribution in [0.15, 0.2) is 41.8 Å². The smallest absolute Gasteiger partial charge is 0.207 e. The van der Waals surface area contributed by atoms with E-state index in [-0.39, 0.29) is 13.1 Å². The van der Waals surface area contributed by atoms with E-state index in [0.717, 1.165) is 5.56 Å². The van der Waals surface area contributed by atoms with E-state index in [4.69, 9.17) is 0 Å². The van der Waals surface area contributed by atoms with E-state index in [1.54, 1.807) is 30.3 Å². The van der Waals surface area contributed by atoms with Gasteiger partial charge in [-0.2, -0.15) is 4.31 Å². The lowest BCUT2D eigenvalue weighted by Crippen LogP contribution is -2.32. The minimum Gasteiger partial charge on any atom is -0.207 e. The van der Waals surface area contributed by atoms with Crippen molar-refractivity contribution >= 4 is 18.1 Å². The van der Waals surface area contributed by atoms with Gasteiger partial charge in [-0.1, -0.05) is 49.3 Å². The monoisotopic (exact) mass is 321 g/mol. The SMILES string of the molecule is C=CCN(CC#C[Si](C)(C)C)S(=O)(=O)c1ccc(C)cc1. The minimum atomic E-state index is -3.52. The third-order valence-corrected chi connectivity index (χ3v) is 5.46. The van der Waals surface area contributed by atoms with Crippen molar-refractivity contribution in [2.75, 3.05) is 13.1 Å². The zero-order valence-electron chi connectivity index (χ0n) is 13.2. The summed E-state index contributed by atoms with van der Waals surface area (Å²) in [6, 6.07) is 6.86. The summed E-state index contributed by atoms with van der Waals surface area (Å²) < 4.78 is 26.6. The molecular weight excluding hydrogens is 298 g/mol. The van der Waals surface area contributed by atoms with Gasteiger partial charge in [-0.25, -0.2) is 8.42 Å². The van der Waals surface area contributed by atoms with Crippen LogP contribution in [-0.4, -0.2) is 33.9 Å². The van der Waals surface area contributed by atoms with Crippen molar-refractivity contribution in [3.8, 4) is 11.5 Å². The van der Waals surface area contributed by atoms with Gasteiger partial charge in [0.05, 0.1) is 11.4 Å². The molecule has 0 saturated heterocycles. The second-order valence-corrected chi connectivity index (χ2v) is 12.6. The summed E-state index contributed by atoms with van der Waals surface area (Å²) in [7, 11) is -5.02. The standard InChI is InChI=1S/C16H23NO2SSi/c1-6-12-17(13-7-14-21(3,4)5)20(18,19)16-10-8-15(2)9-11-16/h6,8-11H,1,12-13H2,2-5H3. The van der Waals surface area contributed by atoms with Crippen LogP contribution in [0.1, 0.15) is 5.56 Å². The zero-order chi connectivity index (χ0) is 16.1. The second kappa shape index (κ2) is 7.08. The lowest BCUT2D eigenvalue weighted by Gasteiger charge is -2.18. The molecule has 0 aliphatic heterocycles. The van der Waals surface area contributed by atoms with Crippen LogP contribution in [0.4, 0.5) is 0 Å². The predicted octanol–water partition coefficient (Wildman–Crippen LogP) is 3.05. The van der Waals surface area contributed by atoms with E-state index in [1.807, 2.05) is 6.92 Å². The molecule has 0 unspecified atom stereocenters. The molecule has 1 aromatic carbocycles. The van der Waals surface area contributed by atoms with Gasteiger partial charge in [0.1, 0.15) is 8.07 Å². The van der Waals surface area contributed by atoms with Gasteiger partial charge in [0.25, 0.3) is 0 Å². The van der Waals surface area contributed by atoms with Gasteiger partial charge < -0.3 is 0 Å². The van der Waals surface area contributed by atoms with Crippen LogP contribution in [0.3, 0.4) is 0 Å². The number of benzene rings is 1. The first-order valence-corrected chi connectivity index (χ1v) is 11.8. The second-order valence-electron chi connectivity index (χ2n) is 5.95. The summed E-state index contributed by atoms with van der Waals surface area (Å²) in [5, 5.41) is 0.